The molecule has 0 aliphatic carbocycles. The van der Waals surface area contributed by atoms with E-state index in [1.807, 2.05) is 12.1 Å². The Morgan fingerprint density at radius 2 is 1.60 bits per heavy atom. The Balaban J connectivity index is 1.83. The van der Waals surface area contributed by atoms with Gasteiger partial charge in [-0.15, -0.1) is 0 Å². The van der Waals surface area contributed by atoms with Gasteiger partial charge in [-0.2, -0.15) is 0 Å². The lowest BCUT2D eigenvalue weighted by atomic mass is 9.94. The van der Waals surface area contributed by atoms with Crippen molar-refractivity contribution in [2.45, 2.75) is 85.2 Å². The molecule has 9 nitrogen and oxygen atoms in total. The number of methoxy groups -OCH3 is 1. The minimum absolute atomic E-state index is 0.207. The summed E-state index contributed by atoms with van der Waals surface area (Å²) in [5, 5.41) is 10.7. The number of nitrogens with zero attached hydrogens (tertiary/aromatic N) is 4. The predicted octanol–water partition coefficient (Wildman–Crippen LogP) is 7.04. The number of hydrogen-bond donors (Lipinski definition) is 1. The lowest BCUT2D eigenvalue weighted by Gasteiger charge is -2.22. The van der Waals surface area contributed by atoms with E-state index in [0.717, 1.165) is 48.1 Å². The molecule has 1 atom stereocenters. The van der Waals surface area contributed by atoms with Crippen molar-refractivity contribution < 1.29 is 19.4 Å². The van der Waals surface area contributed by atoms with Crippen molar-refractivity contribution >= 4 is 17.6 Å². The molecule has 238 valence electrons. The van der Waals surface area contributed by atoms with Crippen LogP contribution in [0, 0.1) is 6.92 Å². The Morgan fingerprint density at radius 3 is 2.13 bits per heavy atom. The van der Waals surface area contributed by atoms with Gasteiger partial charge in [0.1, 0.15) is 11.6 Å². The molecule has 1 N–H and O–H groups in total. The van der Waals surface area contributed by atoms with E-state index in [4.69, 9.17) is 26.1 Å². The molecule has 2 aromatic heterocycles. The summed E-state index contributed by atoms with van der Waals surface area (Å²) in [6.45, 7) is 8.05. The van der Waals surface area contributed by atoms with E-state index in [2.05, 4.69) is 30.7 Å². The van der Waals surface area contributed by atoms with Gasteiger partial charge in [0.25, 0.3) is 5.56 Å². The fraction of sp³-hybridized carbons (Fsp3) is 0.400. The number of benzene rings is 2. The van der Waals surface area contributed by atoms with E-state index in [-0.39, 0.29) is 11.5 Å². The van der Waals surface area contributed by atoms with Crippen LogP contribution in [0.2, 0.25) is 5.02 Å². The zero-order chi connectivity index (χ0) is 32.5. The largest absolute Gasteiger partial charge is 0.494 e. The topological polar surface area (TPSA) is 116 Å². The van der Waals surface area contributed by atoms with Crippen LogP contribution in [-0.4, -0.2) is 37.7 Å². The maximum atomic E-state index is 14.1. The van der Waals surface area contributed by atoms with E-state index >= 15 is 0 Å². The predicted molar refractivity (Wildman–Crippen MR) is 175 cm³/mol. The van der Waals surface area contributed by atoms with Crippen molar-refractivity contribution in [3.63, 3.8) is 0 Å². The molecule has 10 heteroatoms. The molecular formula is C35H41ClN4O5. The Morgan fingerprint density at radius 1 is 0.978 bits per heavy atom. The molecule has 0 spiro atoms. The minimum atomic E-state index is -1.20. The molecule has 0 aliphatic rings. The maximum absolute atomic E-state index is 14.1. The monoisotopic (exact) mass is 632 g/mol. The third-order valence-electron chi connectivity index (χ3n) is 7.60. The summed E-state index contributed by atoms with van der Waals surface area (Å²) in [7, 11) is 1.54. The molecule has 4 rings (SSSR count). The normalized spacial score (nSPS) is 11.8. The van der Waals surface area contributed by atoms with Crippen molar-refractivity contribution in [3.05, 3.63) is 104 Å². The van der Waals surface area contributed by atoms with E-state index in [0.29, 0.717) is 59.2 Å². The number of aromatic nitrogens is 4. The highest BCUT2D eigenvalue weighted by Gasteiger charge is 2.26. The summed E-state index contributed by atoms with van der Waals surface area (Å²) in [5.41, 5.74) is 4.43. The molecule has 0 fully saturated rings. The van der Waals surface area contributed by atoms with Gasteiger partial charge in [0.05, 0.1) is 25.2 Å². The first kappa shape index (κ1) is 33.6. The van der Waals surface area contributed by atoms with Crippen LogP contribution in [0.3, 0.4) is 0 Å². The molecule has 0 amide bonds. The van der Waals surface area contributed by atoms with Crippen LogP contribution in [0.25, 0.3) is 5.95 Å². The molecule has 0 aliphatic heterocycles. The van der Waals surface area contributed by atoms with Crippen molar-refractivity contribution in [2.24, 2.45) is 0 Å². The smallest absolute Gasteiger partial charge is 0.349 e. The van der Waals surface area contributed by atoms with Crippen LogP contribution >= 0.6 is 11.6 Å². The molecule has 4 aromatic rings. The standard InChI is InChI=1S/C35H41ClN4O5/c1-6-9-12-30-29(33(41)40(22(4)39-30)35-37-20-28(44-5)21-38-35)19-23-17-25(10-7-2)31(26(18-23)11-8-3)45-32(34(42)43)24-13-15-27(36)16-14-24/h13-18,20-21,32H,6-12,19H2,1-5H3,(H,42,43). The molecule has 1 unspecified atom stereocenters. The number of carboxylic acids is 1. The Bertz CT molecular complexity index is 1640. The van der Waals surface area contributed by atoms with E-state index in [9.17, 15) is 14.7 Å². The van der Waals surface area contributed by atoms with Crippen LogP contribution in [-0.2, 0) is 30.5 Å². The Kier molecular flexibility index (Phi) is 11.7. The summed E-state index contributed by atoms with van der Waals surface area (Å²) in [5.74, 6) is 0.746. The summed E-state index contributed by atoms with van der Waals surface area (Å²) >= 11 is 6.06. The first-order valence-electron chi connectivity index (χ1n) is 15.5. The van der Waals surface area contributed by atoms with E-state index in [1.54, 1.807) is 31.2 Å². The van der Waals surface area contributed by atoms with Crippen LogP contribution in [0.1, 0.15) is 91.9 Å². The van der Waals surface area contributed by atoms with Gasteiger partial charge in [-0.3, -0.25) is 4.79 Å². The molecule has 2 aromatic carbocycles. The van der Waals surface area contributed by atoms with Crippen molar-refractivity contribution in [2.75, 3.05) is 7.11 Å². The molecule has 0 radical (unpaired) electrons. The quantitative estimate of drug-likeness (QED) is 0.148. The number of aliphatic carboxylic acids is 1. The van der Waals surface area contributed by atoms with Crippen molar-refractivity contribution in [1.82, 2.24) is 19.5 Å². The van der Waals surface area contributed by atoms with E-state index < -0.39 is 12.1 Å². The molecule has 0 saturated heterocycles. The van der Waals surface area contributed by atoms with Gasteiger partial charge in [-0.1, -0.05) is 75.9 Å². The second kappa shape index (κ2) is 15.7. The number of ether oxygens (including phenoxy) is 2. The van der Waals surface area contributed by atoms with Crippen molar-refractivity contribution in [3.8, 4) is 17.4 Å². The molecule has 0 bridgehead atoms. The second-order valence-electron chi connectivity index (χ2n) is 11.1. The first-order valence-corrected chi connectivity index (χ1v) is 15.9. The average molecular weight is 633 g/mol. The zero-order valence-corrected chi connectivity index (χ0v) is 27.4. The fourth-order valence-corrected chi connectivity index (χ4v) is 5.55. The van der Waals surface area contributed by atoms with Crippen molar-refractivity contribution in [1.29, 1.82) is 0 Å². The molecule has 45 heavy (non-hydrogen) atoms. The number of hydrogen-bond acceptors (Lipinski definition) is 7. The second-order valence-corrected chi connectivity index (χ2v) is 11.5. The van der Waals surface area contributed by atoms with Gasteiger partial charge in [-0.05, 0) is 61.4 Å². The third kappa shape index (κ3) is 8.08. The number of rotatable bonds is 15. The average Bonchev–Trinajstić information content (AvgIpc) is 3.02. The lowest BCUT2D eigenvalue weighted by molar-refractivity contribution is -0.145. The van der Waals surface area contributed by atoms with Gasteiger partial charge < -0.3 is 14.6 Å². The summed E-state index contributed by atoms with van der Waals surface area (Å²) in [6.07, 6.45) is 7.80. The molecular weight excluding hydrogens is 592 g/mol. The Hall–Kier alpha value is -4.24. The maximum Gasteiger partial charge on any atom is 0.349 e. The number of aryl methyl sites for hydroxylation is 4. The number of unbranched alkanes of at least 4 members (excludes halogenated alkanes) is 1. The van der Waals surface area contributed by atoms with E-state index in [1.165, 1.54) is 24.1 Å². The minimum Gasteiger partial charge on any atom is -0.494 e. The van der Waals surface area contributed by atoms with Gasteiger partial charge in [-0.25, -0.2) is 24.3 Å². The van der Waals surface area contributed by atoms with Gasteiger partial charge >= 0.3 is 5.97 Å². The van der Waals surface area contributed by atoms with Gasteiger partial charge in [0.2, 0.25) is 12.1 Å². The molecule has 2 heterocycles. The highest BCUT2D eigenvalue weighted by Crippen LogP contribution is 2.34. The number of carboxylic acid groups (broad SMARTS) is 1. The summed E-state index contributed by atoms with van der Waals surface area (Å²) < 4.78 is 13.0. The number of carbonyl (C=O) groups is 1. The summed E-state index contributed by atoms with van der Waals surface area (Å²) in [4.78, 5) is 40.1. The first-order chi connectivity index (χ1) is 21.7. The number of halogens is 1. The highest BCUT2D eigenvalue weighted by atomic mass is 35.5. The highest BCUT2D eigenvalue weighted by molar-refractivity contribution is 6.30. The fourth-order valence-electron chi connectivity index (χ4n) is 5.42. The third-order valence-corrected chi connectivity index (χ3v) is 7.85. The Labute approximate surface area is 269 Å². The summed E-state index contributed by atoms with van der Waals surface area (Å²) in [6, 6.07) is 10.7. The van der Waals surface area contributed by atoms with Gasteiger partial charge in [0.15, 0.2) is 5.75 Å². The van der Waals surface area contributed by atoms with Gasteiger partial charge in [0, 0.05) is 22.6 Å². The lowest BCUT2D eigenvalue weighted by Crippen LogP contribution is -2.29. The molecule has 0 saturated carbocycles. The van der Waals surface area contributed by atoms with Crippen LogP contribution in [0.4, 0.5) is 0 Å². The zero-order valence-electron chi connectivity index (χ0n) is 26.6. The van der Waals surface area contributed by atoms with Crippen LogP contribution < -0.4 is 15.0 Å². The SMILES string of the molecule is CCCCc1nc(C)n(-c2ncc(OC)cn2)c(=O)c1Cc1cc(CCC)c(OC(C(=O)O)c2ccc(Cl)cc2)c(CCC)c1. The van der Waals surface area contributed by atoms with Crippen LogP contribution in [0.15, 0.2) is 53.6 Å². The van der Waals surface area contributed by atoms with Crippen LogP contribution in [0.5, 0.6) is 11.5 Å².